The SMILES string of the molecule is CN(C)CC1CSCCCN1S(=O)(=O)Cc1cccc(F)c1. The molecular formula is C15H23FN2O2S2. The molecule has 1 fully saturated rings. The fraction of sp³-hybridized carbons (Fsp3) is 0.600. The van der Waals surface area contributed by atoms with Gasteiger partial charge in [-0.1, -0.05) is 12.1 Å². The number of benzene rings is 1. The molecule has 1 atom stereocenters. The van der Waals surface area contributed by atoms with E-state index in [0.717, 1.165) is 17.9 Å². The van der Waals surface area contributed by atoms with Crippen molar-refractivity contribution < 1.29 is 12.8 Å². The third kappa shape index (κ3) is 4.94. The van der Waals surface area contributed by atoms with Gasteiger partial charge in [-0.2, -0.15) is 16.1 Å². The summed E-state index contributed by atoms with van der Waals surface area (Å²) in [5.41, 5.74) is 0.500. The van der Waals surface area contributed by atoms with E-state index < -0.39 is 15.8 Å². The van der Waals surface area contributed by atoms with Crippen molar-refractivity contribution in [2.75, 3.05) is 38.7 Å². The molecule has 0 aliphatic carbocycles. The summed E-state index contributed by atoms with van der Waals surface area (Å²) in [5, 5.41) is 0. The predicted molar refractivity (Wildman–Crippen MR) is 90.0 cm³/mol. The molecule has 1 aromatic carbocycles. The highest BCUT2D eigenvalue weighted by Crippen LogP contribution is 2.22. The van der Waals surface area contributed by atoms with Gasteiger partial charge in [0.25, 0.3) is 0 Å². The lowest BCUT2D eigenvalue weighted by molar-refractivity contribution is 0.271. The van der Waals surface area contributed by atoms with Gasteiger partial charge in [0.2, 0.25) is 10.0 Å². The molecule has 0 radical (unpaired) electrons. The van der Waals surface area contributed by atoms with Crippen molar-refractivity contribution >= 4 is 21.8 Å². The monoisotopic (exact) mass is 346 g/mol. The summed E-state index contributed by atoms with van der Waals surface area (Å²) in [5.74, 6) is 1.25. The number of rotatable bonds is 5. The highest BCUT2D eigenvalue weighted by atomic mass is 32.2. The predicted octanol–water partition coefficient (Wildman–Crippen LogP) is 2.02. The largest absolute Gasteiger partial charge is 0.308 e. The first kappa shape index (κ1) is 17.7. The number of halogens is 1. The molecule has 124 valence electrons. The Morgan fingerprint density at radius 3 is 2.86 bits per heavy atom. The summed E-state index contributed by atoms with van der Waals surface area (Å²) in [7, 11) is 0.458. The normalized spacial score (nSPS) is 21.0. The Morgan fingerprint density at radius 2 is 2.18 bits per heavy atom. The van der Waals surface area contributed by atoms with Crippen LogP contribution in [0.1, 0.15) is 12.0 Å². The van der Waals surface area contributed by atoms with E-state index in [4.69, 9.17) is 0 Å². The first-order valence-corrected chi connectivity index (χ1v) is 10.1. The Morgan fingerprint density at radius 1 is 1.41 bits per heavy atom. The molecule has 1 unspecified atom stereocenters. The van der Waals surface area contributed by atoms with E-state index in [0.29, 0.717) is 18.7 Å². The molecule has 1 aliphatic rings. The lowest BCUT2D eigenvalue weighted by atomic mass is 10.2. The van der Waals surface area contributed by atoms with Crippen LogP contribution < -0.4 is 0 Å². The number of hydrogen-bond donors (Lipinski definition) is 0. The number of likely N-dealkylation sites (N-methyl/N-ethyl adjacent to an activating group) is 1. The van der Waals surface area contributed by atoms with Crippen LogP contribution in [0.15, 0.2) is 24.3 Å². The van der Waals surface area contributed by atoms with Crippen LogP contribution in [0.4, 0.5) is 4.39 Å². The molecule has 0 saturated carbocycles. The van der Waals surface area contributed by atoms with E-state index in [1.54, 1.807) is 28.2 Å². The van der Waals surface area contributed by atoms with E-state index in [1.807, 2.05) is 19.0 Å². The average molecular weight is 346 g/mol. The lowest BCUT2D eigenvalue weighted by Gasteiger charge is -2.30. The minimum atomic E-state index is -3.44. The molecule has 1 saturated heterocycles. The van der Waals surface area contributed by atoms with Crippen molar-refractivity contribution in [2.45, 2.75) is 18.2 Å². The van der Waals surface area contributed by atoms with Crippen molar-refractivity contribution in [2.24, 2.45) is 0 Å². The highest BCUT2D eigenvalue weighted by Gasteiger charge is 2.31. The zero-order valence-corrected chi connectivity index (χ0v) is 14.7. The third-order valence-corrected chi connectivity index (χ3v) is 6.65. The van der Waals surface area contributed by atoms with E-state index >= 15 is 0 Å². The van der Waals surface area contributed by atoms with Crippen LogP contribution in [0.5, 0.6) is 0 Å². The van der Waals surface area contributed by atoms with E-state index in [-0.39, 0.29) is 11.8 Å². The zero-order chi connectivity index (χ0) is 16.2. The van der Waals surface area contributed by atoms with Crippen LogP contribution in [0.25, 0.3) is 0 Å². The molecule has 0 aromatic heterocycles. The zero-order valence-electron chi connectivity index (χ0n) is 13.0. The Labute approximate surface area is 136 Å². The van der Waals surface area contributed by atoms with Gasteiger partial charge in [-0.15, -0.1) is 0 Å². The number of thioether (sulfide) groups is 1. The summed E-state index contributed by atoms with van der Waals surface area (Å²) in [4.78, 5) is 2.02. The van der Waals surface area contributed by atoms with Crippen LogP contribution in [-0.2, 0) is 15.8 Å². The summed E-state index contributed by atoms with van der Waals surface area (Å²) >= 11 is 1.80. The van der Waals surface area contributed by atoms with Crippen molar-refractivity contribution in [1.82, 2.24) is 9.21 Å². The fourth-order valence-electron chi connectivity index (χ4n) is 2.66. The van der Waals surface area contributed by atoms with Gasteiger partial charge in [0, 0.05) is 24.9 Å². The van der Waals surface area contributed by atoms with Crippen molar-refractivity contribution in [1.29, 1.82) is 0 Å². The molecule has 0 spiro atoms. The summed E-state index contributed by atoms with van der Waals surface area (Å²) in [6.45, 7) is 1.25. The number of nitrogens with zero attached hydrogens (tertiary/aromatic N) is 2. The molecule has 0 N–H and O–H groups in total. The van der Waals surface area contributed by atoms with Gasteiger partial charge >= 0.3 is 0 Å². The quantitative estimate of drug-likeness (QED) is 0.818. The fourth-order valence-corrected chi connectivity index (χ4v) is 5.58. The Kier molecular flexibility index (Phi) is 6.26. The molecule has 2 rings (SSSR count). The van der Waals surface area contributed by atoms with Gasteiger partial charge in [-0.3, -0.25) is 0 Å². The van der Waals surface area contributed by atoms with E-state index in [1.165, 1.54) is 12.1 Å². The molecular weight excluding hydrogens is 323 g/mol. The second kappa shape index (κ2) is 7.77. The molecule has 1 heterocycles. The highest BCUT2D eigenvalue weighted by molar-refractivity contribution is 7.99. The van der Waals surface area contributed by atoms with Gasteiger partial charge in [0.1, 0.15) is 5.82 Å². The Bertz CT molecular complexity index is 593. The maximum atomic E-state index is 13.3. The lowest BCUT2D eigenvalue weighted by Crippen LogP contribution is -2.47. The minimum Gasteiger partial charge on any atom is -0.308 e. The molecule has 4 nitrogen and oxygen atoms in total. The van der Waals surface area contributed by atoms with E-state index in [2.05, 4.69) is 0 Å². The van der Waals surface area contributed by atoms with Gasteiger partial charge < -0.3 is 4.90 Å². The van der Waals surface area contributed by atoms with Gasteiger partial charge in [-0.05, 0) is 44.0 Å². The first-order chi connectivity index (χ1) is 10.4. The molecule has 1 aromatic rings. The topological polar surface area (TPSA) is 40.6 Å². The second-order valence-corrected chi connectivity index (χ2v) is 8.91. The summed E-state index contributed by atoms with van der Waals surface area (Å²) in [6, 6.07) is 5.81. The van der Waals surface area contributed by atoms with Gasteiger partial charge in [0.15, 0.2) is 0 Å². The summed E-state index contributed by atoms with van der Waals surface area (Å²) in [6.07, 6.45) is 0.858. The third-order valence-electron chi connectivity index (χ3n) is 3.56. The van der Waals surface area contributed by atoms with Crippen LogP contribution in [-0.4, -0.2) is 62.4 Å². The Balaban J connectivity index is 2.20. The van der Waals surface area contributed by atoms with Crippen molar-refractivity contribution in [3.05, 3.63) is 35.6 Å². The maximum Gasteiger partial charge on any atom is 0.218 e. The number of sulfonamides is 1. The Hall–Kier alpha value is -0.630. The van der Waals surface area contributed by atoms with Crippen LogP contribution >= 0.6 is 11.8 Å². The average Bonchev–Trinajstić information content (AvgIpc) is 2.63. The first-order valence-electron chi connectivity index (χ1n) is 7.35. The van der Waals surface area contributed by atoms with Crippen molar-refractivity contribution in [3.63, 3.8) is 0 Å². The van der Waals surface area contributed by atoms with E-state index in [9.17, 15) is 12.8 Å². The minimum absolute atomic E-state index is 0.0268. The smallest absolute Gasteiger partial charge is 0.218 e. The number of hydrogen-bond acceptors (Lipinski definition) is 4. The van der Waals surface area contributed by atoms with Gasteiger partial charge in [0.05, 0.1) is 5.75 Å². The molecule has 1 aliphatic heterocycles. The standard InChI is InChI=1S/C15H23FN2O2S2/c1-17(2)10-15-11-21-8-4-7-18(15)22(19,20)12-13-5-3-6-14(16)9-13/h3,5-6,9,15H,4,7-8,10-12H2,1-2H3. The maximum absolute atomic E-state index is 13.3. The van der Waals surface area contributed by atoms with Gasteiger partial charge in [-0.25, -0.2) is 12.8 Å². The van der Waals surface area contributed by atoms with Crippen LogP contribution in [0.2, 0.25) is 0 Å². The van der Waals surface area contributed by atoms with Crippen LogP contribution in [0.3, 0.4) is 0 Å². The molecule has 0 bridgehead atoms. The second-order valence-electron chi connectivity index (χ2n) is 5.84. The molecule has 0 amide bonds. The van der Waals surface area contributed by atoms with Crippen molar-refractivity contribution in [3.8, 4) is 0 Å². The molecule has 7 heteroatoms. The van der Waals surface area contributed by atoms with Crippen LogP contribution in [0, 0.1) is 5.82 Å². The summed E-state index contributed by atoms with van der Waals surface area (Å²) < 4.78 is 40.5. The molecule has 22 heavy (non-hydrogen) atoms.